The van der Waals surface area contributed by atoms with Crippen LogP contribution in [0.3, 0.4) is 0 Å². The van der Waals surface area contributed by atoms with Crippen LogP contribution >= 0.6 is 0 Å². The predicted molar refractivity (Wildman–Crippen MR) is 111 cm³/mol. The number of hydrogen-bond acceptors (Lipinski definition) is 4. The number of para-hydroxylation sites is 1. The number of rotatable bonds is 6. The van der Waals surface area contributed by atoms with Crippen LogP contribution in [0.5, 0.6) is 5.75 Å². The summed E-state index contributed by atoms with van der Waals surface area (Å²) in [5.41, 5.74) is 0.949. The van der Waals surface area contributed by atoms with Gasteiger partial charge in [-0.1, -0.05) is 30.3 Å². The Bertz CT molecular complexity index is 914. The smallest absolute Gasteiger partial charge is 0.224 e. The molecule has 0 aliphatic carbocycles. The highest BCUT2D eigenvalue weighted by Gasteiger charge is 2.28. The number of carbonyl (C=O) groups is 1. The third-order valence-electron chi connectivity index (χ3n) is 5.44. The second-order valence-corrected chi connectivity index (χ2v) is 7.28. The van der Waals surface area contributed by atoms with Crippen LogP contribution < -0.4 is 9.64 Å². The maximum atomic E-state index is 12.5. The van der Waals surface area contributed by atoms with Gasteiger partial charge in [-0.2, -0.15) is 0 Å². The molecular formula is C23H26N2O3. The van der Waals surface area contributed by atoms with Gasteiger partial charge in [-0.3, -0.25) is 9.69 Å². The number of hydrogen-bond donors (Lipinski definition) is 0. The number of furan rings is 1. The molecule has 2 heterocycles. The fraction of sp³-hybridized carbons (Fsp3) is 0.348. The van der Waals surface area contributed by atoms with Gasteiger partial charge in [-0.15, -0.1) is 0 Å². The lowest BCUT2D eigenvalue weighted by molar-refractivity contribution is -0.117. The highest BCUT2D eigenvalue weighted by molar-refractivity contribution is 6.02. The number of amides is 1. The lowest BCUT2D eigenvalue weighted by Crippen LogP contribution is -2.47. The van der Waals surface area contributed by atoms with Gasteiger partial charge in [0.05, 0.1) is 12.0 Å². The summed E-state index contributed by atoms with van der Waals surface area (Å²) in [6, 6.07) is 16.1. The average Bonchev–Trinajstić information content (AvgIpc) is 3.20. The normalized spacial score (nSPS) is 15.6. The van der Waals surface area contributed by atoms with E-state index >= 15 is 0 Å². The molecule has 1 aliphatic heterocycles. The molecule has 0 radical (unpaired) electrons. The van der Waals surface area contributed by atoms with E-state index in [4.69, 9.17) is 9.15 Å². The van der Waals surface area contributed by atoms with Gasteiger partial charge in [0.15, 0.2) is 0 Å². The van der Waals surface area contributed by atoms with E-state index in [1.54, 1.807) is 19.5 Å². The fourth-order valence-electron chi connectivity index (χ4n) is 4.02. The summed E-state index contributed by atoms with van der Waals surface area (Å²) in [5.74, 6) is 0.993. The fourth-order valence-corrected chi connectivity index (χ4v) is 4.02. The molecule has 0 N–H and O–H groups in total. The second kappa shape index (κ2) is 8.48. The van der Waals surface area contributed by atoms with Crippen LogP contribution in [0.1, 0.15) is 19.8 Å². The lowest BCUT2D eigenvalue weighted by atomic mass is 10.0. The van der Waals surface area contributed by atoms with Gasteiger partial charge in [0.2, 0.25) is 5.91 Å². The standard InChI is InChI=1S/C23H26N2O3/c1-18(26)25(23-9-5-6-19-16-27-17-22(19)23)20-10-12-24(13-11-20)14-15-28-21-7-3-2-4-8-21/h2-9,16-17,20H,10-15H2,1H3. The van der Waals surface area contributed by atoms with Gasteiger partial charge in [0, 0.05) is 43.4 Å². The molecule has 1 aromatic heterocycles. The van der Waals surface area contributed by atoms with E-state index in [2.05, 4.69) is 4.90 Å². The quantitative estimate of drug-likeness (QED) is 0.641. The lowest BCUT2D eigenvalue weighted by Gasteiger charge is -2.38. The number of benzene rings is 2. The molecule has 0 atom stereocenters. The van der Waals surface area contributed by atoms with Crippen LogP contribution in [0.25, 0.3) is 10.8 Å². The average molecular weight is 378 g/mol. The zero-order valence-electron chi connectivity index (χ0n) is 16.2. The summed E-state index contributed by atoms with van der Waals surface area (Å²) >= 11 is 0. The molecule has 5 heteroatoms. The molecule has 28 heavy (non-hydrogen) atoms. The van der Waals surface area contributed by atoms with Crippen LogP contribution in [0.4, 0.5) is 5.69 Å². The first-order chi connectivity index (χ1) is 13.7. The molecule has 1 amide bonds. The van der Waals surface area contributed by atoms with Crippen molar-refractivity contribution in [2.75, 3.05) is 31.1 Å². The van der Waals surface area contributed by atoms with E-state index in [-0.39, 0.29) is 11.9 Å². The molecule has 1 aliphatic rings. The predicted octanol–water partition coefficient (Wildman–Crippen LogP) is 4.33. The van der Waals surface area contributed by atoms with E-state index < -0.39 is 0 Å². The van der Waals surface area contributed by atoms with Crippen molar-refractivity contribution in [2.24, 2.45) is 0 Å². The third-order valence-corrected chi connectivity index (χ3v) is 5.44. The molecule has 4 rings (SSSR count). The summed E-state index contributed by atoms with van der Waals surface area (Å²) in [6.45, 7) is 5.17. The van der Waals surface area contributed by atoms with Crippen molar-refractivity contribution in [3.8, 4) is 5.75 Å². The Balaban J connectivity index is 1.36. The van der Waals surface area contributed by atoms with E-state index in [9.17, 15) is 4.79 Å². The summed E-state index contributed by atoms with van der Waals surface area (Å²) in [4.78, 5) is 16.8. The summed E-state index contributed by atoms with van der Waals surface area (Å²) in [6.07, 6.45) is 5.38. The zero-order valence-corrected chi connectivity index (χ0v) is 16.2. The van der Waals surface area contributed by atoms with Crippen LogP contribution in [0.2, 0.25) is 0 Å². The Morgan fingerprint density at radius 1 is 1.11 bits per heavy atom. The summed E-state index contributed by atoms with van der Waals surface area (Å²) in [7, 11) is 0. The minimum Gasteiger partial charge on any atom is -0.492 e. The number of piperidine rings is 1. The third kappa shape index (κ3) is 4.04. The minimum atomic E-state index is 0.0829. The molecule has 2 aromatic carbocycles. The number of anilines is 1. The Morgan fingerprint density at radius 2 is 1.89 bits per heavy atom. The molecule has 5 nitrogen and oxygen atoms in total. The number of nitrogens with zero attached hydrogens (tertiary/aromatic N) is 2. The van der Waals surface area contributed by atoms with Crippen molar-refractivity contribution in [3.05, 3.63) is 61.1 Å². The Morgan fingerprint density at radius 3 is 2.64 bits per heavy atom. The number of likely N-dealkylation sites (tertiary alicyclic amines) is 1. The van der Waals surface area contributed by atoms with E-state index in [1.807, 2.05) is 53.4 Å². The minimum absolute atomic E-state index is 0.0829. The molecule has 0 saturated carbocycles. The highest BCUT2D eigenvalue weighted by Crippen LogP contribution is 2.31. The van der Waals surface area contributed by atoms with E-state index in [0.717, 1.165) is 54.7 Å². The number of ether oxygens (including phenoxy) is 1. The molecule has 3 aromatic rings. The van der Waals surface area contributed by atoms with E-state index in [0.29, 0.717) is 6.61 Å². The maximum Gasteiger partial charge on any atom is 0.224 e. The van der Waals surface area contributed by atoms with Gasteiger partial charge in [0.1, 0.15) is 18.6 Å². The summed E-state index contributed by atoms with van der Waals surface area (Å²) < 4.78 is 11.2. The molecule has 0 unspecified atom stereocenters. The first-order valence-corrected chi connectivity index (χ1v) is 9.87. The van der Waals surface area contributed by atoms with Gasteiger partial charge < -0.3 is 14.1 Å². The highest BCUT2D eigenvalue weighted by atomic mass is 16.5. The van der Waals surface area contributed by atoms with Crippen molar-refractivity contribution in [2.45, 2.75) is 25.8 Å². The Labute approximate surface area is 165 Å². The van der Waals surface area contributed by atoms with Gasteiger partial charge in [-0.25, -0.2) is 0 Å². The van der Waals surface area contributed by atoms with Gasteiger partial charge >= 0.3 is 0 Å². The second-order valence-electron chi connectivity index (χ2n) is 7.28. The van der Waals surface area contributed by atoms with Crippen LogP contribution in [-0.4, -0.2) is 43.1 Å². The molecule has 1 fully saturated rings. The van der Waals surface area contributed by atoms with Crippen LogP contribution in [0.15, 0.2) is 65.5 Å². The topological polar surface area (TPSA) is 45.9 Å². The number of carbonyl (C=O) groups excluding carboxylic acids is 1. The van der Waals surface area contributed by atoms with Crippen molar-refractivity contribution < 1.29 is 13.9 Å². The number of fused-ring (bicyclic) bond motifs is 1. The molecule has 0 bridgehead atoms. The molecular weight excluding hydrogens is 352 g/mol. The maximum absolute atomic E-state index is 12.5. The largest absolute Gasteiger partial charge is 0.492 e. The van der Waals surface area contributed by atoms with Crippen molar-refractivity contribution >= 4 is 22.4 Å². The van der Waals surface area contributed by atoms with E-state index in [1.165, 1.54) is 0 Å². The Hall–Kier alpha value is -2.79. The van der Waals surface area contributed by atoms with Crippen LogP contribution in [-0.2, 0) is 4.79 Å². The first kappa shape index (κ1) is 18.6. The first-order valence-electron chi connectivity index (χ1n) is 9.87. The van der Waals surface area contributed by atoms with Crippen molar-refractivity contribution in [1.29, 1.82) is 0 Å². The Kier molecular flexibility index (Phi) is 5.63. The van der Waals surface area contributed by atoms with Crippen molar-refractivity contribution in [3.63, 3.8) is 0 Å². The molecule has 0 spiro atoms. The van der Waals surface area contributed by atoms with Gasteiger partial charge in [0.25, 0.3) is 0 Å². The SMILES string of the molecule is CC(=O)N(c1cccc2cocc12)C1CCN(CCOc2ccccc2)CC1. The summed E-state index contributed by atoms with van der Waals surface area (Å²) in [5, 5.41) is 2.02. The molecule has 146 valence electrons. The van der Waals surface area contributed by atoms with Crippen LogP contribution in [0, 0.1) is 0 Å². The van der Waals surface area contributed by atoms with Crippen molar-refractivity contribution in [1.82, 2.24) is 4.90 Å². The monoisotopic (exact) mass is 378 g/mol. The van der Waals surface area contributed by atoms with Gasteiger partial charge in [-0.05, 0) is 31.0 Å². The molecule has 1 saturated heterocycles. The zero-order chi connectivity index (χ0) is 19.3.